The molecule has 0 spiro atoms. The van der Waals surface area contributed by atoms with Crippen LogP contribution in [-0.4, -0.2) is 19.3 Å². The summed E-state index contributed by atoms with van der Waals surface area (Å²) in [4.78, 5) is 13.2. The molecule has 1 N–H and O–H groups in total. The maximum atomic E-state index is 13.2. The highest BCUT2D eigenvalue weighted by atomic mass is 16.5. The fourth-order valence-electron chi connectivity index (χ4n) is 4.20. The molecule has 0 fully saturated rings. The summed E-state index contributed by atoms with van der Waals surface area (Å²) in [6, 6.07) is 27.5. The lowest BCUT2D eigenvalue weighted by Crippen LogP contribution is -2.05. The van der Waals surface area contributed by atoms with E-state index in [1.165, 1.54) is 26.4 Å². The van der Waals surface area contributed by atoms with Gasteiger partial charge in [0.15, 0.2) is 16.8 Å². The van der Waals surface area contributed by atoms with E-state index >= 15 is 0 Å². The molecule has 1 aromatic heterocycles. The SMILES string of the molecule is COc1cc(O)c2c(=O)cc(-c3c(OCc4ccccc4)cccc3OCc3ccccc3)oc2c1OC. The van der Waals surface area contributed by atoms with Gasteiger partial charge >= 0.3 is 0 Å². The fourth-order valence-corrected chi connectivity index (χ4v) is 4.20. The Morgan fingerprint density at radius 2 is 1.29 bits per heavy atom. The van der Waals surface area contributed by atoms with Crippen molar-refractivity contribution in [1.82, 2.24) is 0 Å². The zero-order valence-corrected chi connectivity index (χ0v) is 21.0. The molecule has 0 aliphatic heterocycles. The van der Waals surface area contributed by atoms with Crippen LogP contribution >= 0.6 is 0 Å². The van der Waals surface area contributed by atoms with Crippen LogP contribution in [-0.2, 0) is 13.2 Å². The topological polar surface area (TPSA) is 87.4 Å². The number of rotatable bonds is 9. The summed E-state index contributed by atoms with van der Waals surface area (Å²) >= 11 is 0. The molecular weight excluding hydrogens is 484 g/mol. The molecule has 0 aliphatic rings. The normalized spacial score (nSPS) is 10.8. The number of aromatic hydroxyl groups is 1. The van der Waals surface area contributed by atoms with Gasteiger partial charge in [0.1, 0.15) is 47.2 Å². The van der Waals surface area contributed by atoms with Crippen molar-refractivity contribution in [1.29, 1.82) is 0 Å². The Balaban J connectivity index is 1.66. The zero-order valence-electron chi connectivity index (χ0n) is 21.0. The first-order chi connectivity index (χ1) is 18.6. The molecule has 0 aliphatic carbocycles. The third kappa shape index (κ3) is 4.99. The highest BCUT2D eigenvalue weighted by molar-refractivity contribution is 5.92. The molecule has 0 atom stereocenters. The van der Waals surface area contributed by atoms with Crippen LogP contribution < -0.4 is 24.4 Å². The Morgan fingerprint density at radius 1 is 0.711 bits per heavy atom. The first kappa shape index (κ1) is 24.8. The summed E-state index contributed by atoms with van der Waals surface area (Å²) in [7, 11) is 2.87. The van der Waals surface area contributed by atoms with Crippen molar-refractivity contribution in [3.8, 4) is 40.1 Å². The third-order valence-corrected chi connectivity index (χ3v) is 6.03. The van der Waals surface area contributed by atoms with Crippen LogP contribution in [0.3, 0.4) is 0 Å². The van der Waals surface area contributed by atoms with E-state index in [1.807, 2.05) is 66.7 Å². The minimum atomic E-state index is -0.452. The van der Waals surface area contributed by atoms with Gasteiger partial charge in [-0.1, -0.05) is 66.7 Å². The van der Waals surface area contributed by atoms with Crippen molar-refractivity contribution in [2.24, 2.45) is 0 Å². The monoisotopic (exact) mass is 510 g/mol. The van der Waals surface area contributed by atoms with Crippen LogP contribution in [0.4, 0.5) is 0 Å². The standard InChI is InChI=1S/C31H26O7/c1-34-27-17-23(33)28-22(32)16-26(38-31(28)30(27)35-2)29-24(36-18-20-10-5-3-6-11-20)14-9-15-25(29)37-19-21-12-7-4-8-13-21/h3-17,33H,18-19H2,1-2H3. The molecule has 0 amide bonds. The second kappa shape index (κ2) is 11.0. The predicted molar refractivity (Wildman–Crippen MR) is 144 cm³/mol. The van der Waals surface area contributed by atoms with Crippen LogP contribution in [0.15, 0.2) is 100 Å². The Labute approximate surface area is 219 Å². The number of hydrogen-bond acceptors (Lipinski definition) is 7. The molecule has 5 rings (SSSR count). The summed E-state index contributed by atoms with van der Waals surface area (Å²) < 4.78 is 29.5. The van der Waals surface area contributed by atoms with E-state index in [4.69, 9.17) is 23.4 Å². The first-order valence-corrected chi connectivity index (χ1v) is 12.0. The van der Waals surface area contributed by atoms with Gasteiger partial charge in [-0.05, 0) is 23.3 Å². The quantitative estimate of drug-likeness (QED) is 0.248. The van der Waals surface area contributed by atoms with Crippen molar-refractivity contribution in [2.45, 2.75) is 13.2 Å². The summed E-state index contributed by atoms with van der Waals surface area (Å²) in [6.45, 7) is 0.595. The Morgan fingerprint density at radius 3 is 1.82 bits per heavy atom. The molecule has 0 saturated heterocycles. The Hall–Kier alpha value is -4.91. The van der Waals surface area contributed by atoms with Gasteiger partial charge in [-0.15, -0.1) is 0 Å². The number of benzene rings is 4. The highest BCUT2D eigenvalue weighted by Crippen LogP contribution is 2.44. The van der Waals surface area contributed by atoms with Gasteiger partial charge < -0.3 is 28.5 Å². The van der Waals surface area contributed by atoms with E-state index < -0.39 is 5.43 Å². The lowest BCUT2D eigenvalue weighted by molar-refractivity contribution is 0.291. The van der Waals surface area contributed by atoms with Gasteiger partial charge in [-0.3, -0.25) is 4.79 Å². The number of hydrogen-bond donors (Lipinski definition) is 1. The molecule has 0 saturated carbocycles. The minimum Gasteiger partial charge on any atom is -0.507 e. The Bertz CT molecular complexity index is 1550. The first-order valence-electron chi connectivity index (χ1n) is 12.0. The number of ether oxygens (including phenoxy) is 4. The highest BCUT2D eigenvalue weighted by Gasteiger charge is 2.23. The number of phenolic OH excluding ortho intramolecular Hbond substituents is 1. The largest absolute Gasteiger partial charge is 0.507 e. The summed E-state index contributed by atoms with van der Waals surface area (Å²) in [5, 5.41) is 10.5. The van der Waals surface area contributed by atoms with Crippen LogP contribution in [0.25, 0.3) is 22.3 Å². The smallest absolute Gasteiger partial charge is 0.205 e. The number of fused-ring (bicyclic) bond motifs is 1. The summed E-state index contributed by atoms with van der Waals surface area (Å²) in [6.07, 6.45) is 0. The van der Waals surface area contributed by atoms with Gasteiger partial charge in [0.05, 0.1) is 14.2 Å². The molecule has 0 unspecified atom stereocenters. The second-order valence-corrected chi connectivity index (χ2v) is 8.49. The van der Waals surface area contributed by atoms with Gasteiger partial charge in [0, 0.05) is 12.1 Å². The number of methoxy groups -OCH3 is 2. The lowest BCUT2D eigenvalue weighted by Gasteiger charge is -2.17. The fraction of sp³-hybridized carbons (Fsp3) is 0.129. The van der Waals surface area contributed by atoms with E-state index in [2.05, 4.69) is 0 Å². The lowest BCUT2D eigenvalue weighted by atomic mass is 10.1. The van der Waals surface area contributed by atoms with Crippen LogP contribution in [0, 0.1) is 0 Å². The molecule has 0 bridgehead atoms. The molecule has 5 aromatic rings. The molecule has 1 heterocycles. The average molecular weight is 511 g/mol. The van der Waals surface area contributed by atoms with E-state index in [9.17, 15) is 9.90 Å². The van der Waals surface area contributed by atoms with Crippen LogP contribution in [0.2, 0.25) is 0 Å². The molecule has 38 heavy (non-hydrogen) atoms. The minimum absolute atomic E-state index is 0.0131. The predicted octanol–water partition coefficient (Wildman–Crippen LogP) is 6.34. The Kier molecular flexibility index (Phi) is 7.17. The van der Waals surface area contributed by atoms with Crippen molar-refractivity contribution >= 4 is 11.0 Å². The third-order valence-electron chi connectivity index (χ3n) is 6.03. The van der Waals surface area contributed by atoms with Crippen molar-refractivity contribution in [3.05, 3.63) is 112 Å². The molecule has 0 radical (unpaired) electrons. The van der Waals surface area contributed by atoms with Crippen molar-refractivity contribution in [3.63, 3.8) is 0 Å². The van der Waals surface area contributed by atoms with Gasteiger partial charge in [0.25, 0.3) is 0 Å². The van der Waals surface area contributed by atoms with E-state index in [-0.39, 0.29) is 34.0 Å². The molecule has 4 aromatic carbocycles. The van der Waals surface area contributed by atoms with Crippen molar-refractivity contribution in [2.75, 3.05) is 14.2 Å². The zero-order chi connectivity index (χ0) is 26.5. The maximum Gasteiger partial charge on any atom is 0.205 e. The molecule has 7 nitrogen and oxygen atoms in total. The van der Waals surface area contributed by atoms with E-state index in [0.717, 1.165) is 11.1 Å². The van der Waals surface area contributed by atoms with Crippen molar-refractivity contribution < 1.29 is 28.5 Å². The molecule has 7 heteroatoms. The average Bonchev–Trinajstić information content (AvgIpc) is 2.95. The van der Waals surface area contributed by atoms with Crippen LogP contribution in [0.1, 0.15) is 11.1 Å². The van der Waals surface area contributed by atoms with Gasteiger partial charge in [-0.2, -0.15) is 0 Å². The summed E-state index contributed by atoms with van der Waals surface area (Å²) in [5.74, 6) is 1.27. The van der Waals surface area contributed by atoms with E-state index in [1.54, 1.807) is 12.1 Å². The van der Waals surface area contributed by atoms with E-state index in [0.29, 0.717) is 30.3 Å². The maximum absolute atomic E-state index is 13.2. The second-order valence-electron chi connectivity index (χ2n) is 8.49. The molecule has 192 valence electrons. The van der Waals surface area contributed by atoms with Crippen LogP contribution in [0.5, 0.6) is 28.7 Å². The number of phenols is 1. The van der Waals surface area contributed by atoms with Gasteiger partial charge in [-0.25, -0.2) is 0 Å². The molecular formula is C31H26O7. The van der Waals surface area contributed by atoms with Gasteiger partial charge in [0.2, 0.25) is 5.75 Å². The summed E-state index contributed by atoms with van der Waals surface area (Å²) in [5.41, 5.74) is 2.02.